The van der Waals surface area contributed by atoms with Gasteiger partial charge in [0.25, 0.3) is 0 Å². The van der Waals surface area contributed by atoms with Crippen molar-refractivity contribution >= 4 is 33.4 Å². The predicted octanol–water partition coefficient (Wildman–Crippen LogP) is 4.11. The number of benzene rings is 1. The van der Waals surface area contributed by atoms with Crippen LogP contribution in [-0.4, -0.2) is 67.8 Å². The van der Waals surface area contributed by atoms with Crippen molar-refractivity contribution < 1.29 is 53.8 Å². The monoisotopic (exact) mass is 603 g/mol. The molecule has 9 nitrogen and oxygen atoms in total. The lowest BCUT2D eigenvalue weighted by Gasteiger charge is -2.29. The Hall–Kier alpha value is -2.93. The van der Waals surface area contributed by atoms with Gasteiger partial charge in [-0.05, 0) is 37.8 Å². The number of nitrogens with one attached hydrogen (secondary N) is 1. The molecule has 3 fully saturated rings. The fourth-order valence-electron chi connectivity index (χ4n) is 4.22. The number of rotatable bonds is 7. The molecule has 0 spiro atoms. The number of alkyl halides is 6. The van der Waals surface area contributed by atoms with Crippen LogP contribution in [-0.2, 0) is 19.4 Å². The molecule has 0 aromatic heterocycles. The molecule has 2 amide bonds. The van der Waals surface area contributed by atoms with Gasteiger partial charge in [0.05, 0.1) is 21.2 Å². The second kappa shape index (κ2) is 9.61. The maximum Gasteiger partial charge on any atom is 0.422 e. The third kappa shape index (κ3) is 5.84. The summed E-state index contributed by atoms with van der Waals surface area (Å²) in [6.45, 7) is -2.44. The van der Waals surface area contributed by atoms with Gasteiger partial charge in [0.15, 0.2) is 22.7 Å². The first kappa shape index (κ1) is 29.1. The molecule has 1 heterocycles. The Morgan fingerprint density at radius 2 is 1.79 bits per heavy atom. The van der Waals surface area contributed by atoms with Gasteiger partial charge in [0, 0.05) is 19.0 Å². The number of sulfone groups is 1. The fourth-order valence-corrected chi connectivity index (χ4v) is 6.43. The number of carbonyl (C=O) groups excluding carboxylic acids is 2. The molecule has 1 N–H and O–H groups in total. The van der Waals surface area contributed by atoms with Crippen LogP contribution in [0.5, 0.6) is 5.75 Å². The van der Waals surface area contributed by atoms with Crippen molar-refractivity contribution in [3.8, 4) is 11.8 Å². The first-order chi connectivity index (χ1) is 17.9. The van der Waals surface area contributed by atoms with Gasteiger partial charge >= 0.3 is 18.4 Å². The average Bonchev–Trinajstić information content (AvgIpc) is 3.74. The normalized spacial score (nSPS) is 23.5. The molecule has 0 unspecified atom stereocenters. The number of hydrogen-bond acceptors (Lipinski definition) is 7. The van der Waals surface area contributed by atoms with E-state index in [0.717, 1.165) is 18.2 Å². The maximum atomic E-state index is 13.7. The molecule has 2 atom stereocenters. The molecule has 4 rings (SSSR count). The van der Waals surface area contributed by atoms with Crippen LogP contribution in [0.1, 0.15) is 32.1 Å². The third-order valence-electron chi connectivity index (χ3n) is 6.77. The second-order valence-corrected chi connectivity index (χ2v) is 12.2. The molecule has 2 saturated carbocycles. The molecular weight excluding hydrogens is 584 g/mol. The minimum absolute atomic E-state index is 0.307. The van der Waals surface area contributed by atoms with E-state index in [1.807, 2.05) is 6.07 Å². The number of halogens is 7. The van der Waals surface area contributed by atoms with E-state index in [4.69, 9.17) is 21.6 Å². The van der Waals surface area contributed by atoms with Crippen molar-refractivity contribution in [2.45, 2.75) is 66.4 Å². The molecule has 0 radical (unpaired) electrons. The Labute approximate surface area is 222 Å². The smallest absolute Gasteiger partial charge is 0.422 e. The number of ether oxygens (including phenoxy) is 2. The minimum Gasteiger partial charge on any atom is -0.484 e. The average molecular weight is 604 g/mol. The molecule has 39 heavy (non-hydrogen) atoms. The highest BCUT2D eigenvalue weighted by Crippen LogP contribution is 2.59. The van der Waals surface area contributed by atoms with Crippen LogP contribution >= 0.6 is 11.6 Å². The molecule has 2 aliphatic carbocycles. The predicted molar refractivity (Wildman–Crippen MR) is 119 cm³/mol. The molecule has 1 aromatic carbocycles. The number of amides is 2. The highest BCUT2D eigenvalue weighted by molar-refractivity contribution is 7.92. The van der Waals surface area contributed by atoms with E-state index in [-0.39, 0.29) is 5.75 Å². The zero-order valence-corrected chi connectivity index (χ0v) is 21.3. The van der Waals surface area contributed by atoms with Crippen LogP contribution in [0.15, 0.2) is 23.1 Å². The summed E-state index contributed by atoms with van der Waals surface area (Å²) >= 11 is 6.00. The van der Waals surface area contributed by atoms with Crippen LogP contribution < -0.4 is 10.1 Å². The SMILES string of the molecule is N#CC1(NC(=O)O[C@H]2C[C@@H](S(=O)(=O)c3ccc(OCC(F)(F)F)cc3Cl)CN2C(=O)C2(C(F)(F)F)CC2)CC1. The summed E-state index contributed by atoms with van der Waals surface area (Å²) in [7, 11) is -4.50. The fraction of sp³-hybridized carbons (Fsp3) is 0.591. The van der Waals surface area contributed by atoms with Crippen LogP contribution in [0.2, 0.25) is 5.02 Å². The van der Waals surface area contributed by atoms with E-state index in [1.54, 1.807) is 0 Å². The van der Waals surface area contributed by atoms with Gasteiger partial charge in [0.2, 0.25) is 5.91 Å². The van der Waals surface area contributed by atoms with Crippen molar-refractivity contribution in [1.29, 1.82) is 5.26 Å². The Kier molecular flexibility index (Phi) is 7.16. The molecular formula is C22H20ClF6N3O6S. The highest BCUT2D eigenvalue weighted by Gasteiger charge is 2.70. The number of likely N-dealkylation sites (tertiary alicyclic amines) is 1. The van der Waals surface area contributed by atoms with Gasteiger partial charge < -0.3 is 19.7 Å². The first-order valence-electron chi connectivity index (χ1n) is 11.4. The van der Waals surface area contributed by atoms with Crippen molar-refractivity contribution in [2.75, 3.05) is 13.2 Å². The van der Waals surface area contributed by atoms with E-state index >= 15 is 0 Å². The largest absolute Gasteiger partial charge is 0.484 e. The highest BCUT2D eigenvalue weighted by atomic mass is 35.5. The second-order valence-electron chi connectivity index (χ2n) is 9.62. The van der Waals surface area contributed by atoms with E-state index in [9.17, 15) is 44.3 Å². The number of nitriles is 1. The summed E-state index contributed by atoms with van der Waals surface area (Å²) in [6, 6.07) is 4.48. The Balaban J connectivity index is 1.58. The van der Waals surface area contributed by atoms with E-state index < -0.39 is 99.0 Å². The number of nitrogens with zero attached hydrogens (tertiary/aromatic N) is 2. The molecule has 3 aliphatic rings. The van der Waals surface area contributed by atoms with E-state index in [0.29, 0.717) is 17.7 Å². The Morgan fingerprint density at radius 1 is 1.15 bits per heavy atom. The molecule has 1 aromatic rings. The van der Waals surface area contributed by atoms with Crippen LogP contribution in [0.4, 0.5) is 31.1 Å². The standard InChI is InChI=1S/C22H20ClF6N3O6S/c23-14-7-12(37-11-21(24,25)26)1-2-15(14)39(35,36)13-8-16(38-18(34)31-19(10-30)3-4-19)32(9-13)17(33)20(5-6-20)22(27,28)29/h1-2,7,13,16H,3-6,8-9,11H2,(H,31,34)/t13-,16+/m1/s1. The van der Waals surface area contributed by atoms with Gasteiger partial charge in [-0.3, -0.25) is 4.79 Å². The zero-order valence-electron chi connectivity index (χ0n) is 19.7. The lowest BCUT2D eigenvalue weighted by Crippen LogP contribution is -2.49. The summed E-state index contributed by atoms with van der Waals surface area (Å²) in [5.74, 6) is -1.83. The minimum atomic E-state index is -4.93. The summed E-state index contributed by atoms with van der Waals surface area (Å²) in [6.07, 6.45) is -13.6. The molecule has 1 aliphatic heterocycles. The topological polar surface area (TPSA) is 126 Å². The molecule has 0 bridgehead atoms. The van der Waals surface area contributed by atoms with Gasteiger partial charge in [-0.25, -0.2) is 13.2 Å². The van der Waals surface area contributed by atoms with Gasteiger partial charge in [-0.1, -0.05) is 11.6 Å². The van der Waals surface area contributed by atoms with Gasteiger partial charge in [-0.2, -0.15) is 31.6 Å². The molecule has 214 valence electrons. The zero-order chi connectivity index (χ0) is 29.0. The van der Waals surface area contributed by atoms with Crippen molar-refractivity contribution in [3.63, 3.8) is 0 Å². The van der Waals surface area contributed by atoms with Crippen molar-refractivity contribution in [2.24, 2.45) is 5.41 Å². The van der Waals surface area contributed by atoms with Crippen LogP contribution in [0, 0.1) is 16.7 Å². The van der Waals surface area contributed by atoms with Crippen LogP contribution in [0.3, 0.4) is 0 Å². The van der Waals surface area contributed by atoms with Crippen molar-refractivity contribution in [3.05, 3.63) is 23.2 Å². The summed E-state index contributed by atoms with van der Waals surface area (Å²) in [5, 5.41) is 9.31. The number of carbonyl (C=O) groups is 2. The van der Waals surface area contributed by atoms with Gasteiger partial charge in [-0.15, -0.1) is 0 Å². The third-order valence-corrected chi connectivity index (χ3v) is 9.39. The number of alkyl carbamates (subject to hydrolysis) is 1. The molecule has 17 heteroatoms. The van der Waals surface area contributed by atoms with E-state index in [2.05, 4.69) is 10.1 Å². The number of hydrogen-bond donors (Lipinski definition) is 1. The lowest BCUT2D eigenvalue weighted by atomic mass is 10.1. The van der Waals surface area contributed by atoms with Crippen LogP contribution in [0.25, 0.3) is 0 Å². The Morgan fingerprint density at radius 3 is 2.28 bits per heavy atom. The summed E-state index contributed by atoms with van der Waals surface area (Å²) < 4.78 is 115. The van der Waals surface area contributed by atoms with Crippen molar-refractivity contribution in [1.82, 2.24) is 10.2 Å². The summed E-state index contributed by atoms with van der Waals surface area (Å²) in [4.78, 5) is 25.4. The quantitative estimate of drug-likeness (QED) is 0.465. The molecule has 1 saturated heterocycles. The summed E-state index contributed by atoms with van der Waals surface area (Å²) in [5.41, 5.74) is -3.94. The Bertz CT molecular complexity index is 1320. The van der Waals surface area contributed by atoms with E-state index in [1.165, 1.54) is 0 Å². The maximum absolute atomic E-state index is 13.7. The van der Waals surface area contributed by atoms with Gasteiger partial charge in [0.1, 0.15) is 16.7 Å². The first-order valence-corrected chi connectivity index (χ1v) is 13.4. The lowest BCUT2D eigenvalue weighted by molar-refractivity contribution is -0.201.